The Morgan fingerprint density at radius 2 is 1.63 bits per heavy atom. The van der Waals surface area contributed by atoms with E-state index in [0.717, 1.165) is 30.1 Å². The minimum absolute atomic E-state index is 0.123. The second-order valence-electron chi connectivity index (χ2n) is 8.64. The minimum Gasteiger partial charge on any atom is -0.369 e. The van der Waals surface area contributed by atoms with Crippen LogP contribution in [0.1, 0.15) is 53.4 Å². The Balaban J connectivity index is 1.54. The number of carbonyl (C=O) groups is 1. The summed E-state index contributed by atoms with van der Waals surface area (Å²) < 4.78 is 6.12. The first-order valence-corrected chi connectivity index (χ1v) is 8.04. The molecule has 4 fully saturated rings. The van der Waals surface area contributed by atoms with Crippen molar-refractivity contribution in [3.63, 3.8) is 0 Å². The molecular weight excluding hydrogens is 236 g/mol. The van der Waals surface area contributed by atoms with Crippen LogP contribution in [-0.2, 0) is 9.53 Å². The van der Waals surface area contributed by atoms with Crippen LogP contribution in [0.4, 0.5) is 0 Å². The van der Waals surface area contributed by atoms with Gasteiger partial charge < -0.3 is 4.74 Å². The Morgan fingerprint density at radius 1 is 1.05 bits per heavy atom. The maximum atomic E-state index is 13.0. The van der Waals surface area contributed by atoms with Gasteiger partial charge in [0.2, 0.25) is 0 Å². The summed E-state index contributed by atoms with van der Waals surface area (Å²) in [7, 11) is 0. The summed E-state index contributed by atoms with van der Waals surface area (Å²) in [6.07, 6.45) is 5.12. The molecule has 0 aromatic heterocycles. The predicted octanol–water partition coefficient (Wildman–Crippen LogP) is 3.44. The molecule has 0 amide bonds. The first-order chi connectivity index (χ1) is 8.80. The molecule has 0 spiro atoms. The van der Waals surface area contributed by atoms with Crippen LogP contribution in [0.3, 0.4) is 0 Å². The number of hydrogen-bond acceptors (Lipinski definition) is 2. The predicted molar refractivity (Wildman–Crippen MR) is 73.7 cm³/mol. The maximum Gasteiger partial charge on any atom is 0.142 e. The van der Waals surface area contributed by atoms with E-state index in [1.165, 1.54) is 19.3 Å². The van der Waals surface area contributed by atoms with Gasteiger partial charge in [-0.25, -0.2) is 0 Å². The molecule has 19 heavy (non-hydrogen) atoms. The molecule has 2 heteroatoms. The third kappa shape index (κ3) is 1.62. The van der Waals surface area contributed by atoms with Crippen LogP contribution >= 0.6 is 0 Å². The third-order valence-corrected chi connectivity index (χ3v) is 6.48. The molecule has 0 aromatic rings. The Labute approximate surface area is 116 Å². The quantitative estimate of drug-likeness (QED) is 0.762. The van der Waals surface area contributed by atoms with Gasteiger partial charge in [0.25, 0.3) is 0 Å². The lowest BCUT2D eigenvalue weighted by Crippen LogP contribution is -2.35. The SMILES string of the molecule is CC1(C)CC(C(=O)C2C3C4CCC(C4)C23)C(C)(C)O1. The van der Waals surface area contributed by atoms with Crippen molar-refractivity contribution in [2.45, 2.75) is 64.6 Å². The molecule has 1 heterocycles. The molecule has 0 aromatic carbocycles. The first kappa shape index (κ1) is 12.4. The summed E-state index contributed by atoms with van der Waals surface area (Å²) in [5, 5.41) is 0. The summed E-state index contributed by atoms with van der Waals surface area (Å²) >= 11 is 0. The number of fused-ring (bicyclic) bond motifs is 5. The van der Waals surface area contributed by atoms with Gasteiger partial charge in [0.15, 0.2) is 0 Å². The topological polar surface area (TPSA) is 26.3 Å². The summed E-state index contributed by atoms with van der Waals surface area (Å²) in [6, 6.07) is 0. The summed E-state index contributed by atoms with van der Waals surface area (Å²) in [5.74, 6) is 4.40. The molecule has 3 aliphatic carbocycles. The normalized spacial score (nSPS) is 52.2. The van der Waals surface area contributed by atoms with E-state index in [-0.39, 0.29) is 17.1 Å². The van der Waals surface area contributed by atoms with Crippen molar-refractivity contribution >= 4 is 5.78 Å². The average molecular weight is 262 g/mol. The highest BCUT2D eigenvalue weighted by Gasteiger charge is 2.69. The van der Waals surface area contributed by atoms with Gasteiger partial charge in [0.05, 0.1) is 11.2 Å². The van der Waals surface area contributed by atoms with E-state index in [1.54, 1.807) is 0 Å². The molecular formula is C17H26O2. The molecule has 4 rings (SSSR count). The van der Waals surface area contributed by atoms with E-state index in [0.29, 0.717) is 11.7 Å². The van der Waals surface area contributed by atoms with E-state index in [2.05, 4.69) is 27.7 Å². The standard InChI is InChI=1S/C17H26O2/c1-16(2)8-11(17(3,4)19-16)15(18)14-12-9-5-6-10(7-9)13(12)14/h9-14H,5-8H2,1-4H3. The van der Waals surface area contributed by atoms with E-state index >= 15 is 0 Å². The number of hydrogen-bond donors (Lipinski definition) is 0. The van der Waals surface area contributed by atoms with Gasteiger partial charge in [-0.05, 0) is 77.0 Å². The van der Waals surface area contributed by atoms with Crippen LogP contribution < -0.4 is 0 Å². The van der Waals surface area contributed by atoms with Crippen LogP contribution in [0.25, 0.3) is 0 Å². The Hall–Kier alpha value is -0.370. The van der Waals surface area contributed by atoms with E-state index in [1.807, 2.05) is 0 Å². The zero-order valence-corrected chi connectivity index (χ0v) is 12.6. The van der Waals surface area contributed by atoms with Crippen LogP contribution in [0.15, 0.2) is 0 Å². The smallest absolute Gasteiger partial charge is 0.142 e. The van der Waals surface area contributed by atoms with Crippen molar-refractivity contribution < 1.29 is 9.53 Å². The number of rotatable bonds is 2. The highest BCUT2D eigenvalue weighted by atomic mass is 16.5. The number of carbonyl (C=O) groups excluding carboxylic acids is 1. The van der Waals surface area contributed by atoms with Crippen molar-refractivity contribution in [1.82, 2.24) is 0 Å². The molecule has 106 valence electrons. The number of Topliss-reactive ketones (excluding diaryl/α,β-unsaturated/α-hetero) is 1. The molecule has 0 N–H and O–H groups in total. The zero-order chi connectivity index (χ0) is 13.6. The third-order valence-electron chi connectivity index (χ3n) is 6.48. The van der Waals surface area contributed by atoms with Gasteiger partial charge in [0, 0.05) is 11.8 Å². The fourth-order valence-corrected chi connectivity index (χ4v) is 5.94. The Morgan fingerprint density at radius 3 is 2.11 bits per heavy atom. The number of ketones is 1. The fraction of sp³-hybridized carbons (Fsp3) is 0.941. The highest BCUT2D eigenvalue weighted by Crippen LogP contribution is 2.70. The number of ether oxygens (including phenoxy) is 1. The molecule has 5 atom stereocenters. The van der Waals surface area contributed by atoms with Crippen molar-refractivity contribution in [2.24, 2.45) is 35.5 Å². The largest absolute Gasteiger partial charge is 0.369 e. The second-order valence-corrected chi connectivity index (χ2v) is 8.64. The van der Waals surface area contributed by atoms with Gasteiger partial charge in [0.1, 0.15) is 5.78 Å². The van der Waals surface area contributed by atoms with Crippen LogP contribution in [-0.4, -0.2) is 17.0 Å². The van der Waals surface area contributed by atoms with E-state index in [4.69, 9.17) is 4.74 Å². The molecule has 5 unspecified atom stereocenters. The van der Waals surface area contributed by atoms with Gasteiger partial charge in [-0.1, -0.05) is 0 Å². The van der Waals surface area contributed by atoms with Crippen molar-refractivity contribution in [2.75, 3.05) is 0 Å². The van der Waals surface area contributed by atoms with Gasteiger partial charge in [-0.2, -0.15) is 0 Å². The lowest BCUT2D eigenvalue weighted by atomic mass is 9.80. The lowest BCUT2D eigenvalue weighted by molar-refractivity contribution is -0.131. The van der Waals surface area contributed by atoms with Gasteiger partial charge >= 0.3 is 0 Å². The molecule has 0 radical (unpaired) electrons. The monoisotopic (exact) mass is 262 g/mol. The van der Waals surface area contributed by atoms with Gasteiger partial charge in [-0.3, -0.25) is 4.79 Å². The maximum absolute atomic E-state index is 13.0. The van der Waals surface area contributed by atoms with Gasteiger partial charge in [-0.15, -0.1) is 0 Å². The van der Waals surface area contributed by atoms with Crippen molar-refractivity contribution in [3.05, 3.63) is 0 Å². The van der Waals surface area contributed by atoms with Crippen LogP contribution in [0.2, 0.25) is 0 Å². The minimum atomic E-state index is -0.267. The molecule has 2 nitrogen and oxygen atoms in total. The molecule has 2 bridgehead atoms. The zero-order valence-electron chi connectivity index (χ0n) is 12.6. The fourth-order valence-electron chi connectivity index (χ4n) is 5.94. The lowest BCUT2D eigenvalue weighted by Gasteiger charge is -2.27. The first-order valence-electron chi connectivity index (χ1n) is 8.04. The van der Waals surface area contributed by atoms with Crippen LogP contribution in [0, 0.1) is 35.5 Å². The molecule has 3 saturated carbocycles. The Kier molecular flexibility index (Phi) is 2.24. The van der Waals surface area contributed by atoms with E-state index in [9.17, 15) is 4.79 Å². The van der Waals surface area contributed by atoms with E-state index < -0.39 is 0 Å². The summed E-state index contributed by atoms with van der Waals surface area (Å²) in [4.78, 5) is 13.0. The summed E-state index contributed by atoms with van der Waals surface area (Å²) in [6.45, 7) is 8.47. The van der Waals surface area contributed by atoms with Crippen molar-refractivity contribution in [3.8, 4) is 0 Å². The molecule has 4 aliphatic rings. The van der Waals surface area contributed by atoms with Crippen LogP contribution in [0.5, 0.6) is 0 Å². The second kappa shape index (κ2) is 3.44. The summed E-state index contributed by atoms with van der Waals surface area (Å²) in [5.41, 5.74) is -0.399. The highest BCUT2D eigenvalue weighted by molar-refractivity contribution is 5.88. The molecule has 1 aliphatic heterocycles. The molecule has 1 saturated heterocycles. The Bertz CT molecular complexity index is 421. The van der Waals surface area contributed by atoms with Crippen molar-refractivity contribution in [1.29, 1.82) is 0 Å². The average Bonchev–Trinajstić information content (AvgIpc) is 2.59.